The van der Waals surface area contributed by atoms with Crippen molar-refractivity contribution in [3.63, 3.8) is 0 Å². The first-order valence-corrected chi connectivity index (χ1v) is 8.66. The lowest BCUT2D eigenvalue weighted by Gasteiger charge is -2.13. The van der Waals surface area contributed by atoms with E-state index >= 15 is 0 Å². The summed E-state index contributed by atoms with van der Waals surface area (Å²) in [4.78, 5) is 0. The van der Waals surface area contributed by atoms with Crippen LogP contribution in [0.5, 0.6) is 5.75 Å². The minimum atomic E-state index is 0.0447. The number of hydrogen-bond acceptors (Lipinski definition) is 2. The molecule has 4 heteroatoms. The Morgan fingerprint density at radius 3 is 2.62 bits per heavy atom. The van der Waals surface area contributed by atoms with E-state index in [1.807, 2.05) is 6.07 Å². The Bertz CT molecular complexity index is 637. The van der Waals surface area contributed by atoms with Crippen molar-refractivity contribution in [2.24, 2.45) is 5.73 Å². The Balaban J connectivity index is 1.66. The predicted octanol–water partition coefficient (Wildman–Crippen LogP) is 4.78. The third-order valence-corrected chi connectivity index (χ3v) is 4.73. The van der Waals surface area contributed by atoms with Gasteiger partial charge in [0.2, 0.25) is 0 Å². The van der Waals surface area contributed by atoms with Crippen LogP contribution in [-0.4, -0.2) is 6.61 Å². The maximum absolute atomic E-state index is 6.33. The Hall–Kier alpha value is -0.840. The van der Waals surface area contributed by atoms with Crippen LogP contribution in [0.1, 0.15) is 29.2 Å². The highest BCUT2D eigenvalue weighted by Crippen LogP contribution is 2.28. The van der Waals surface area contributed by atoms with Gasteiger partial charge in [-0.25, -0.2) is 0 Å². The fraction of sp³-hybridized carbons (Fsp3) is 0.294. The summed E-state index contributed by atoms with van der Waals surface area (Å²) in [5, 5.41) is 0. The van der Waals surface area contributed by atoms with Crippen LogP contribution in [0.4, 0.5) is 0 Å². The molecule has 21 heavy (non-hydrogen) atoms. The number of halogens is 2. The van der Waals surface area contributed by atoms with Crippen LogP contribution in [-0.2, 0) is 12.8 Å². The van der Waals surface area contributed by atoms with E-state index < -0.39 is 0 Å². The Kier molecular flexibility index (Phi) is 4.67. The fourth-order valence-corrected chi connectivity index (χ4v) is 4.00. The third kappa shape index (κ3) is 3.68. The normalized spacial score (nSPS) is 14.6. The van der Waals surface area contributed by atoms with Crippen molar-refractivity contribution in [3.05, 3.63) is 62.0 Å². The molecule has 0 fully saturated rings. The van der Waals surface area contributed by atoms with E-state index in [-0.39, 0.29) is 6.04 Å². The van der Waals surface area contributed by atoms with Gasteiger partial charge in [-0.05, 0) is 53.8 Å². The molecule has 0 radical (unpaired) electrons. The monoisotopic (exact) mass is 409 g/mol. The zero-order valence-electron chi connectivity index (χ0n) is 11.6. The topological polar surface area (TPSA) is 35.2 Å². The van der Waals surface area contributed by atoms with Crippen LogP contribution in [0, 0.1) is 0 Å². The standard InChI is InChI=1S/C17H17Br2NO/c18-14-8-13(9-15(19)10-14)16(20)3-1-11-2-4-17-12(7-11)5-6-21-17/h2,4,7-10,16H,1,3,5-6,20H2. The van der Waals surface area contributed by atoms with Crippen molar-refractivity contribution < 1.29 is 4.74 Å². The van der Waals surface area contributed by atoms with Gasteiger partial charge in [0, 0.05) is 21.4 Å². The average Bonchev–Trinajstić information content (AvgIpc) is 2.91. The number of benzene rings is 2. The minimum absolute atomic E-state index is 0.0447. The van der Waals surface area contributed by atoms with Crippen LogP contribution in [0.2, 0.25) is 0 Å². The van der Waals surface area contributed by atoms with Gasteiger partial charge in [0.15, 0.2) is 0 Å². The third-order valence-electron chi connectivity index (χ3n) is 3.81. The van der Waals surface area contributed by atoms with E-state index in [0.717, 1.165) is 46.1 Å². The lowest BCUT2D eigenvalue weighted by atomic mass is 9.98. The molecule has 0 saturated heterocycles. The second-order valence-corrected chi connectivity index (χ2v) is 7.22. The van der Waals surface area contributed by atoms with Crippen molar-refractivity contribution in [3.8, 4) is 5.75 Å². The largest absolute Gasteiger partial charge is 0.493 e. The number of hydrogen-bond donors (Lipinski definition) is 1. The van der Waals surface area contributed by atoms with Crippen LogP contribution in [0.25, 0.3) is 0 Å². The van der Waals surface area contributed by atoms with E-state index in [1.54, 1.807) is 0 Å². The molecule has 2 N–H and O–H groups in total. The first kappa shape index (κ1) is 15.1. The molecule has 1 unspecified atom stereocenters. The quantitative estimate of drug-likeness (QED) is 0.787. The van der Waals surface area contributed by atoms with Crippen LogP contribution in [0.3, 0.4) is 0 Å². The summed E-state index contributed by atoms with van der Waals surface area (Å²) in [6, 6.07) is 12.7. The van der Waals surface area contributed by atoms with Crippen molar-refractivity contribution in [2.45, 2.75) is 25.3 Å². The zero-order valence-corrected chi connectivity index (χ0v) is 14.8. The summed E-state index contributed by atoms with van der Waals surface area (Å²) < 4.78 is 7.65. The van der Waals surface area contributed by atoms with E-state index in [1.165, 1.54) is 11.1 Å². The smallest absolute Gasteiger partial charge is 0.122 e. The molecule has 2 nitrogen and oxygen atoms in total. The Morgan fingerprint density at radius 1 is 1.10 bits per heavy atom. The van der Waals surface area contributed by atoms with E-state index in [0.29, 0.717) is 0 Å². The molecule has 0 aliphatic carbocycles. The maximum Gasteiger partial charge on any atom is 0.122 e. The second kappa shape index (κ2) is 6.51. The number of aryl methyl sites for hydroxylation is 1. The molecule has 110 valence electrons. The van der Waals surface area contributed by atoms with Crippen molar-refractivity contribution >= 4 is 31.9 Å². The summed E-state index contributed by atoms with van der Waals surface area (Å²) >= 11 is 7.02. The number of nitrogens with two attached hydrogens (primary N) is 1. The summed E-state index contributed by atoms with van der Waals surface area (Å²) in [6.45, 7) is 0.810. The first-order valence-electron chi connectivity index (χ1n) is 7.08. The predicted molar refractivity (Wildman–Crippen MR) is 92.7 cm³/mol. The molecular formula is C17H17Br2NO. The molecule has 0 spiro atoms. The van der Waals surface area contributed by atoms with E-state index in [9.17, 15) is 0 Å². The molecular weight excluding hydrogens is 394 g/mol. The molecule has 2 aromatic rings. The summed E-state index contributed by atoms with van der Waals surface area (Å²) in [7, 11) is 0. The molecule has 1 aliphatic heterocycles. The van der Waals surface area contributed by atoms with E-state index in [4.69, 9.17) is 10.5 Å². The second-order valence-electron chi connectivity index (χ2n) is 5.39. The Morgan fingerprint density at radius 2 is 1.86 bits per heavy atom. The van der Waals surface area contributed by atoms with Crippen LogP contribution >= 0.6 is 31.9 Å². The average molecular weight is 411 g/mol. The van der Waals surface area contributed by atoms with Gasteiger partial charge in [0.1, 0.15) is 5.75 Å². The van der Waals surface area contributed by atoms with Crippen molar-refractivity contribution in [1.82, 2.24) is 0 Å². The molecule has 0 amide bonds. The van der Waals surface area contributed by atoms with Gasteiger partial charge in [0.25, 0.3) is 0 Å². The summed E-state index contributed by atoms with van der Waals surface area (Å²) in [5.74, 6) is 1.04. The van der Waals surface area contributed by atoms with Gasteiger partial charge in [-0.2, -0.15) is 0 Å². The molecule has 3 rings (SSSR count). The van der Waals surface area contributed by atoms with Crippen molar-refractivity contribution in [2.75, 3.05) is 6.61 Å². The summed E-state index contributed by atoms with van der Waals surface area (Å²) in [6.07, 6.45) is 2.94. The SMILES string of the molecule is NC(CCc1ccc2c(c1)CCO2)c1cc(Br)cc(Br)c1. The van der Waals surface area contributed by atoms with Gasteiger partial charge >= 0.3 is 0 Å². The van der Waals surface area contributed by atoms with Gasteiger partial charge in [0.05, 0.1) is 6.61 Å². The molecule has 0 aromatic heterocycles. The van der Waals surface area contributed by atoms with Crippen LogP contribution < -0.4 is 10.5 Å². The van der Waals surface area contributed by atoms with Gasteiger partial charge in [-0.3, -0.25) is 0 Å². The lowest BCUT2D eigenvalue weighted by Crippen LogP contribution is -2.11. The summed E-state index contributed by atoms with van der Waals surface area (Å²) in [5.41, 5.74) is 10.1. The molecule has 1 aliphatic rings. The molecule has 1 heterocycles. The van der Waals surface area contributed by atoms with Crippen molar-refractivity contribution in [1.29, 1.82) is 0 Å². The highest BCUT2D eigenvalue weighted by atomic mass is 79.9. The highest BCUT2D eigenvalue weighted by Gasteiger charge is 2.13. The van der Waals surface area contributed by atoms with Crippen LogP contribution in [0.15, 0.2) is 45.3 Å². The van der Waals surface area contributed by atoms with Gasteiger partial charge in [-0.15, -0.1) is 0 Å². The van der Waals surface area contributed by atoms with E-state index in [2.05, 4.69) is 62.2 Å². The maximum atomic E-state index is 6.33. The number of fused-ring (bicyclic) bond motifs is 1. The molecule has 0 bridgehead atoms. The highest BCUT2D eigenvalue weighted by molar-refractivity contribution is 9.11. The molecule has 1 atom stereocenters. The zero-order chi connectivity index (χ0) is 14.8. The molecule has 0 saturated carbocycles. The Labute approximate surface area is 141 Å². The number of rotatable bonds is 4. The van der Waals surface area contributed by atoms with Gasteiger partial charge in [-0.1, -0.05) is 44.0 Å². The number of ether oxygens (including phenoxy) is 1. The lowest BCUT2D eigenvalue weighted by molar-refractivity contribution is 0.357. The molecule has 2 aromatic carbocycles. The van der Waals surface area contributed by atoms with Gasteiger partial charge < -0.3 is 10.5 Å². The first-order chi connectivity index (χ1) is 10.1. The minimum Gasteiger partial charge on any atom is -0.493 e. The fourth-order valence-electron chi connectivity index (χ4n) is 2.67.